The predicted molar refractivity (Wildman–Crippen MR) is 75.7 cm³/mol. The molecular weight excluding hydrogens is 240 g/mol. The first-order chi connectivity index (χ1) is 8.46. The van der Waals surface area contributed by atoms with Gasteiger partial charge in [0.15, 0.2) is 0 Å². The van der Waals surface area contributed by atoms with Crippen molar-refractivity contribution in [1.82, 2.24) is 10.6 Å². The average molecular weight is 269 g/mol. The van der Waals surface area contributed by atoms with Gasteiger partial charge in [-0.1, -0.05) is 0 Å². The molecule has 0 amide bonds. The van der Waals surface area contributed by atoms with Gasteiger partial charge >= 0.3 is 0 Å². The zero-order valence-electron chi connectivity index (χ0n) is 13.2. The van der Waals surface area contributed by atoms with Crippen LogP contribution in [-0.4, -0.2) is 29.1 Å². The third kappa shape index (κ3) is 6.39. The Morgan fingerprint density at radius 2 is 1.26 bits per heavy atom. The number of carbonyl (C=O) groups is 1. The molecule has 1 saturated carbocycles. The van der Waals surface area contributed by atoms with Crippen LogP contribution in [0.25, 0.3) is 0 Å². The van der Waals surface area contributed by atoms with Crippen molar-refractivity contribution in [3.63, 3.8) is 0 Å². The van der Waals surface area contributed by atoms with E-state index in [1.807, 2.05) is 0 Å². The molecule has 4 nitrogen and oxygen atoms in total. The quantitative estimate of drug-likeness (QED) is 0.804. The lowest BCUT2D eigenvalue weighted by Gasteiger charge is -2.41. The van der Waals surface area contributed by atoms with Crippen LogP contribution in [0.4, 0.5) is 0 Å². The summed E-state index contributed by atoms with van der Waals surface area (Å²) in [4.78, 5) is 11.2. The summed E-state index contributed by atoms with van der Waals surface area (Å²) in [7, 11) is 0. The Hall–Kier alpha value is -0.610. The molecule has 2 atom stereocenters. The fraction of sp³-hybridized carbons (Fsp3) is 0.933. The number of carbonyl (C=O) groups excluding carboxylic acids is 1. The second kappa shape index (κ2) is 5.80. The van der Waals surface area contributed by atoms with E-state index in [0.717, 1.165) is 6.42 Å². The lowest BCUT2D eigenvalue weighted by atomic mass is 9.80. The lowest BCUT2D eigenvalue weighted by molar-refractivity contribution is -0.313. The third-order valence-electron chi connectivity index (χ3n) is 3.31. The Kier molecular flexibility index (Phi) is 5.02. The fourth-order valence-corrected chi connectivity index (χ4v) is 2.97. The Morgan fingerprint density at radius 3 is 1.53 bits per heavy atom. The van der Waals surface area contributed by atoms with Crippen LogP contribution in [0.5, 0.6) is 0 Å². The lowest BCUT2D eigenvalue weighted by Crippen LogP contribution is -2.55. The molecule has 0 aromatic rings. The van der Waals surface area contributed by atoms with E-state index < -0.39 is 5.97 Å². The van der Waals surface area contributed by atoms with Crippen LogP contribution >= 0.6 is 0 Å². The highest BCUT2D eigenvalue weighted by Gasteiger charge is 2.32. The fourth-order valence-electron chi connectivity index (χ4n) is 2.97. The van der Waals surface area contributed by atoms with Gasteiger partial charge in [0.05, 0.1) is 0 Å². The minimum Gasteiger partial charge on any atom is -0.550 e. The molecule has 1 rings (SSSR count). The Labute approximate surface area is 117 Å². The normalized spacial score (nSPS) is 29.3. The first-order valence-electron chi connectivity index (χ1n) is 7.22. The highest BCUT2D eigenvalue weighted by molar-refractivity contribution is 5.67. The van der Waals surface area contributed by atoms with E-state index >= 15 is 0 Å². The molecule has 19 heavy (non-hydrogen) atoms. The summed E-state index contributed by atoms with van der Waals surface area (Å²) in [6.45, 7) is 12.7. The van der Waals surface area contributed by atoms with E-state index in [0.29, 0.717) is 12.8 Å². The molecule has 0 aromatic carbocycles. The Balaban J connectivity index is 2.71. The second-order valence-electron chi connectivity index (χ2n) is 7.91. The molecular formula is C15H29N2O2-. The number of rotatable bonds is 3. The highest BCUT2D eigenvalue weighted by Crippen LogP contribution is 2.27. The molecule has 4 heteroatoms. The van der Waals surface area contributed by atoms with Crippen molar-refractivity contribution in [2.24, 2.45) is 5.92 Å². The van der Waals surface area contributed by atoms with E-state index in [4.69, 9.17) is 0 Å². The Bertz CT molecular complexity index is 291. The summed E-state index contributed by atoms with van der Waals surface area (Å²) in [6, 6.07) is 0.466. The summed E-state index contributed by atoms with van der Waals surface area (Å²) in [5.41, 5.74) is 0.00947. The van der Waals surface area contributed by atoms with Crippen molar-refractivity contribution in [2.45, 2.75) is 84.0 Å². The van der Waals surface area contributed by atoms with Crippen molar-refractivity contribution in [1.29, 1.82) is 0 Å². The van der Waals surface area contributed by atoms with E-state index in [2.05, 4.69) is 52.2 Å². The molecule has 112 valence electrons. The number of hydrogen-bond acceptors (Lipinski definition) is 4. The summed E-state index contributed by atoms with van der Waals surface area (Å²) in [5, 5.41) is 18.3. The third-order valence-corrected chi connectivity index (χ3v) is 3.31. The van der Waals surface area contributed by atoms with Crippen molar-refractivity contribution >= 4 is 5.97 Å². The molecule has 0 aliphatic heterocycles. The number of nitrogens with one attached hydrogen (secondary N) is 2. The van der Waals surface area contributed by atoms with Crippen LogP contribution < -0.4 is 15.7 Å². The van der Waals surface area contributed by atoms with Crippen LogP contribution in [0.2, 0.25) is 0 Å². The van der Waals surface area contributed by atoms with Gasteiger partial charge in [-0.05, 0) is 60.8 Å². The van der Waals surface area contributed by atoms with Gasteiger partial charge < -0.3 is 20.5 Å². The molecule has 2 N–H and O–H groups in total. The van der Waals surface area contributed by atoms with Gasteiger partial charge in [0.2, 0.25) is 0 Å². The van der Waals surface area contributed by atoms with E-state index in [9.17, 15) is 9.90 Å². The monoisotopic (exact) mass is 269 g/mol. The summed E-state index contributed by atoms with van der Waals surface area (Å²) in [5.74, 6) is -1.27. The predicted octanol–water partition coefficient (Wildman–Crippen LogP) is 1.05. The van der Waals surface area contributed by atoms with Gasteiger partial charge in [-0.2, -0.15) is 0 Å². The standard InChI is InChI=1S/C15H30N2O2/c1-14(2,3)16-11-7-10(13(18)19)8-12(9-11)17-15(4,5)6/h10-12,16-17H,7-9H2,1-6H3,(H,18,19)/p-1. The molecule has 0 radical (unpaired) electrons. The summed E-state index contributed by atoms with van der Waals surface area (Å²) >= 11 is 0. The van der Waals surface area contributed by atoms with Gasteiger partial charge in [0, 0.05) is 35.0 Å². The molecule has 0 aromatic heterocycles. The minimum atomic E-state index is -0.916. The zero-order chi connectivity index (χ0) is 14.8. The van der Waals surface area contributed by atoms with Crippen molar-refractivity contribution in [3.05, 3.63) is 0 Å². The minimum absolute atomic E-state index is 0.00473. The van der Waals surface area contributed by atoms with E-state index in [1.54, 1.807) is 0 Å². The second-order valence-corrected chi connectivity index (χ2v) is 7.91. The van der Waals surface area contributed by atoms with Crippen LogP contribution in [0.15, 0.2) is 0 Å². The summed E-state index contributed by atoms with van der Waals surface area (Å²) in [6.07, 6.45) is 2.31. The van der Waals surface area contributed by atoms with Crippen LogP contribution in [0.1, 0.15) is 60.8 Å². The molecule has 0 spiro atoms. The maximum Gasteiger partial charge on any atom is 0.0446 e. The zero-order valence-corrected chi connectivity index (χ0v) is 13.2. The van der Waals surface area contributed by atoms with Crippen molar-refractivity contribution in [3.8, 4) is 0 Å². The maximum absolute atomic E-state index is 11.2. The number of carboxylic acid groups (broad SMARTS) is 1. The average Bonchev–Trinajstić information content (AvgIpc) is 2.10. The largest absolute Gasteiger partial charge is 0.550 e. The Morgan fingerprint density at radius 1 is 0.895 bits per heavy atom. The SMILES string of the molecule is CC(C)(C)NC1CC(NC(C)(C)C)CC(C(=O)[O-])C1. The smallest absolute Gasteiger partial charge is 0.0446 e. The molecule has 0 saturated heterocycles. The first-order valence-corrected chi connectivity index (χ1v) is 7.22. The molecule has 2 unspecified atom stereocenters. The summed E-state index contributed by atoms with van der Waals surface area (Å²) < 4.78 is 0. The molecule has 1 aliphatic carbocycles. The first kappa shape index (κ1) is 16.4. The van der Waals surface area contributed by atoms with E-state index in [-0.39, 0.29) is 29.1 Å². The maximum atomic E-state index is 11.2. The van der Waals surface area contributed by atoms with Gasteiger partial charge in [-0.3, -0.25) is 0 Å². The van der Waals surface area contributed by atoms with Crippen molar-refractivity contribution in [2.75, 3.05) is 0 Å². The van der Waals surface area contributed by atoms with Gasteiger partial charge in [-0.25, -0.2) is 0 Å². The van der Waals surface area contributed by atoms with Crippen molar-refractivity contribution < 1.29 is 9.90 Å². The highest BCUT2D eigenvalue weighted by atomic mass is 16.4. The van der Waals surface area contributed by atoms with Gasteiger partial charge in [0.1, 0.15) is 0 Å². The van der Waals surface area contributed by atoms with Gasteiger partial charge in [-0.15, -0.1) is 0 Å². The number of carboxylic acids is 1. The molecule has 0 bridgehead atoms. The molecule has 1 aliphatic rings. The van der Waals surface area contributed by atoms with E-state index in [1.165, 1.54) is 0 Å². The molecule has 0 heterocycles. The number of aliphatic carboxylic acids is 1. The molecule has 1 fully saturated rings. The van der Waals surface area contributed by atoms with Crippen LogP contribution in [0, 0.1) is 5.92 Å². The van der Waals surface area contributed by atoms with Crippen LogP contribution in [-0.2, 0) is 4.79 Å². The van der Waals surface area contributed by atoms with Crippen LogP contribution in [0.3, 0.4) is 0 Å². The van der Waals surface area contributed by atoms with Gasteiger partial charge in [0.25, 0.3) is 0 Å². The topological polar surface area (TPSA) is 64.2 Å². The number of hydrogen-bond donors (Lipinski definition) is 2.